The van der Waals surface area contributed by atoms with E-state index in [0.717, 1.165) is 34.6 Å². The first kappa shape index (κ1) is 27.8. The lowest BCUT2D eigenvalue weighted by atomic mass is 10.0. The summed E-state index contributed by atoms with van der Waals surface area (Å²) in [7, 11) is 0. The minimum atomic E-state index is -1.77. The van der Waals surface area contributed by atoms with Gasteiger partial charge in [-0.3, -0.25) is 28.8 Å². The van der Waals surface area contributed by atoms with Gasteiger partial charge in [-0.25, -0.2) is 0 Å². The zero-order valence-corrected chi connectivity index (χ0v) is 18.6. The van der Waals surface area contributed by atoms with E-state index in [0.29, 0.717) is 0 Å². The molecule has 1 N–H and O–H groups in total. The fourth-order valence-corrected chi connectivity index (χ4v) is 2.46. The molecule has 4 atom stereocenters. The Balaban J connectivity index is 6.41. The first-order chi connectivity index (χ1) is 14.2. The quantitative estimate of drug-likeness (QED) is 0.330. The molecule has 0 saturated carbocycles. The van der Waals surface area contributed by atoms with Crippen molar-refractivity contribution in [2.75, 3.05) is 6.61 Å². The normalized spacial score (nSPS) is 14.3. The monoisotopic (exact) mass is 447 g/mol. The molecular formula is C19H29NO11. The van der Waals surface area contributed by atoms with Crippen molar-refractivity contribution in [3.05, 3.63) is 0 Å². The van der Waals surface area contributed by atoms with Gasteiger partial charge in [-0.05, 0) is 13.8 Å². The summed E-state index contributed by atoms with van der Waals surface area (Å²) < 4.78 is 25.3. The second-order valence-electron chi connectivity index (χ2n) is 6.79. The minimum absolute atomic E-state index is 0.388. The predicted octanol–water partition coefficient (Wildman–Crippen LogP) is -0.199. The lowest BCUT2D eigenvalue weighted by Crippen LogP contribution is -2.57. The van der Waals surface area contributed by atoms with E-state index in [-0.39, 0.29) is 6.04 Å². The van der Waals surface area contributed by atoms with Crippen LogP contribution in [-0.4, -0.2) is 72.8 Å². The van der Waals surface area contributed by atoms with E-state index in [2.05, 4.69) is 5.32 Å². The van der Waals surface area contributed by atoms with Crippen molar-refractivity contribution in [3.63, 3.8) is 0 Å². The molecular weight excluding hydrogens is 418 g/mol. The lowest BCUT2D eigenvalue weighted by molar-refractivity contribution is -0.203. The summed E-state index contributed by atoms with van der Waals surface area (Å²) in [6, 6.07) is -0.388. The number of esters is 5. The Morgan fingerprint density at radius 2 is 1.10 bits per heavy atom. The summed E-state index contributed by atoms with van der Waals surface area (Å²) in [5.41, 5.74) is 0. The maximum absolute atomic E-state index is 12.7. The zero-order chi connectivity index (χ0) is 24.3. The number of carbonyl (C=O) groups is 6. The summed E-state index contributed by atoms with van der Waals surface area (Å²) >= 11 is 0. The Bertz CT molecular complexity index is 688. The highest BCUT2D eigenvalue weighted by Crippen LogP contribution is 2.20. The third-order valence-electron chi connectivity index (χ3n) is 3.34. The van der Waals surface area contributed by atoms with Crippen molar-refractivity contribution in [1.29, 1.82) is 0 Å². The summed E-state index contributed by atoms with van der Waals surface area (Å²) in [6.07, 6.45) is -6.65. The molecule has 0 bridgehead atoms. The molecule has 0 aliphatic heterocycles. The van der Waals surface area contributed by atoms with Gasteiger partial charge < -0.3 is 29.0 Å². The topological polar surface area (TPSA) is 161 Å². The van der Waals surface area contributed by atoms with Crippen LogP contribution < -0.4 is 5.32 Å². The number of hydrogen-bond acceptors (Lipinski definition) is 11. The van der Waals surface area contributed by atoms with Gasteiger partial charge in [-0.2, -0.15) is 0 Å². The number of hydrogen-bond donors (Lipinski definition) is 1. The average Bonchev–Trinajstić information content (AvgIpc) is 2.58. The Hall–Kier alpha value is -3.18. The maximum Gasteiger partial charge on any atom is 0.303 e. The number of amides is 1. The van der Waals surface area contributed by atoms with Crippen LogP contribution in [0.1, 0.15) is 48.5 Å². The molecule has 0 fully saturated rings. The maximum atomic E-state index is 12.7. The Labute approximate surface area is 179 Å². The number of carbonyl (C=O) groups excluding carboxylic acids is 6. The van der Waals surface area contributed by atoms with Gasteiger partial charge in [-0.15, -0.1) is 0 Å². The van der Waals surface area contributed by atoms with E-state index in [4.69, 9.17) is 23.7 Å². The largest absolute Gasteiger partial charge is 0.462 e. The molecule has 0 aromatic heterocycles. The fourth-order valence-electron chi connectivity index (χ4n) is 2.46. The lowest BCUT2D eigenvalue weighted by Gasteiger charge is -2.34. The molecule has 0 aliphatic rings. The van der Waals surface area contributed by atoms with Gasteiger partial charge >= 0.3 is 29.8 Å². The van der Waals surface area contributed by atoms with Gasteiger partial charge in [0.15, 0.2) is 18.3 Å². The summed E-state index contributed by atoms with van der Waals surface area (Å²) in [6.45, 7) is 7.85. The average molecular weight is 447 g/mol. The number of nitrogens with one attached hydrogen (secondary N) is 1. The van der Waals surface area contributed by atoms with Gasteiger partial charge in [-0.1, -0.05) is 0 Å². The van der Waals surface area contributed by atoms with Gasteiger partial charge in [0.25, 0.3) is 5.91 Å². The van der Waals surface area contributed by atoms with Crippen LogP contribution >= 0.6 is 0 Å². The van der Waals surface area contributed by atoms with Crippen LogP contribution in [0.4, 0.5) is 0 Å². The molecule has 0 aliphatic carbocycles. The van der Waals surface area contributed by atoms with Gasteiger partial charge in [0.05, 0.1) is 0 Å². The molecule has 12 nitrogen and oxygen atoms in total. The fraction of sp³-hybridized carbons (Fsp3) is 0.684. The molecule has 31 heavy (non-hydrogen) atoms. The highest BCUT2D eigenvalue weighted by molar-refractivity contribution is 5.85. The van der Waals surface area contributed by atoms with Crippen molar-refractivity contribution in [2.24, 2.45) is 0 Å². The molecule has 0 rings (SSSR count). The van der Waals surface area contributed by atoms with E-state index in [9.17, 15) is 28.8 Å². The molecule has 12 heteroatoms. The summed E-state index contributed by atoms with van der Waals surface area (Å²) in [5.74, 6) is -5.14. The van der Waals surface area contributed by atoms with Crippen LogP contribution in [0.25, 0.3) is 0 Å². The van der Waals surface area contributed by atoms with Crippen molar-refractivity contribution < 1.29 is 52.5 Å². The number of ether oxygens (including phenoxy) is 5. The standard InChI is InChI=1S/C19H29NO11/c1-9(2)20-19(26)18(31-14(7)25)17(30-13(6)24)16(29-12(5)23)15(28-11(4)22)8-27-10(3)21/h9,15-18H,8H2,1-7H3,(H,20,26). The SMILES string of the molecule is CC(=O)OCC(OC(C)=O)C(OC(C)=O)C(OC(C)=O)C(OC(C)=O)C(=O)NC(C)C. The molecule has 1 amide bonds. The highest BCUT2D eigenvalue weighted by Gasteiger charge is 2.46. The molecule has 0 heterocycles. The van der Waals surface area contributed by atoms with Crippen molar-refractivity contribution >= 4 is 35.8 Å². The molecule has 0 aromatic rings. The first-order valence-electron chi connectivity index (χ1n) is 9.37. The van der Waals surface area contributed by atoms with Crippen molar-refractivity contribution in [2.45, 2.75) is 78.9 Å². The van der Waals surface area contributed by atoms with E-state index >= 15 is 0 Å². The minimum Gasteiger partial charge on any atom is -0.462 e. The smallest absolute Gasteiger partial charge is 0.303 e. The molecule has 0 saturated heterocycles. The van der Waals surface area contributed by atoms with Gasteiger partial charge in [0.2, 0.25) is 6.10 Å². The van der Waals surface area contributed by atoms with Crippen LogP contribution in [0.2, 0.25) is 0 Å². The van der Waals surface area contributed by atoms with Gasteiger partial charge in [0.1, 0.15) is 6.61 Å². The zero-order valence-electron chi connectivity index (χ0n) is 18.6. The second-order valence-corrected chi connectivity index (χ2v) is 6.79. The third kappa shape index (κ3) is 11.6. The molecule has 0 spiro atoms. The third-order valence-corrected chi connectivity index (χ3v) is 3.34. The van der Waals surface area contributed by atoms with E-state index < -0.39 is 66.8 Å². The van der Waals surface area contributed by atoms with E-state index in [1.54, 1.807) is 13.8 Å². The highest BCUT2D eigenvalue weighted by atomic mass is 16.6. The van der Waals surface area contributed by atoms with Gasteiger partial charge in [0, 0.05) is 40.7 Å². The Morgan fingerprint density at radius 1 is 0.645 bits per heavy atom. The Kier molecular flexibility index (Phi) is 11.8. The second kappa shape index (κ2) is 13.2. The summed E-state index contributed by atoms with van der Waals surface area (Å²) in [5, 5.41) is 2.50. The van der Waals surface area contributed by atoms with Crippen LogP contribution in [-0.2, 0) is 52.5 Å². The van der Waals surface area contributed by atoms with Crippen LogP contribution in [0.15, 0.2) is 0 Å². The number of rotatable bonds is 11. The van der Waals surface area contributed by atoms with Crippen LogP contribution in [0.3, 0.4) is 0 Å². The Morgan fingerprint density at radius 3 is 1.48 bits per heavy atom. The molecule has 0 radical (unpaired) electrons. The van der Waals surface area contributed by atoms with Crippen LogP contribution in [0.5, 0.6) is 0 Å². The molecule has 0 aromatic carbocycles. The molecule has 176 valence electrons. The van der Waals surface area contributed by atoms with Crippen LogP contribution in [0, 0.1) is 0 Å². The van der Waals surface area contributed by atoms with E-state index in [1.165, 1.54) is 0 Å². The predicted molar refractivity (Wildman–Crippen MR) is 102 cm³/mol. The van der Waals surface area contributed by atoms with Crippen molar-refractivity contribution in [1.82, 2.24) is 5.32 Å². The summed E-state index contributed by atoms with van der Waals surface area (Å²) in [4.78, 5) is 70.7. The van der Waals surface area contributed by atoms with E-state index in [1.807, 2.05) is 0 Å². The van der Waals surface area contributed by atoms with Crippen molar-refractivity contribution in [3.8, 4) is 0 Å². The molecule has 4 unspecified atom stereocenters. The first-order valence-corrected chi connectivity index (χ1v) is 9.37.